The van der Waals surface area contributed by atoms with Crippen molar-refractivity contribution >= 4 is 11.9 Å². The van der Waals surface area contributed by atoms with E-state index < -0.39 is 11.9 Å². The van der Waals surface area contributed by atoms with Gasteiger partial charge in [0.05, 0.1) is 0 Å². The number of rotatable bonds is 2. The topological polar surface area (TPSA) is 74.6 Å². The summed E-state index contributed by atoms with van der Waals surface area (Å²) in [6.45, 7) is 2.91. The molecule has 0 aliphatic carbocycles. The summed E-state index contributed by atoms with van der Waals surface area (Å²) in [4.78, 5) is 18.8. The van der Waals surface area contributed by atoms with Crippen LogP contribution in [0.1, 0.15) is 13.8 Å². The zero-order valence-electron chi connectivity index (χ0n) is 7.02. The Balaban J connectivity index is 0. The van der Waals surface area contributed by atoms with Gasteiger partial charge in [-0.3, -0.25) is 4.79 Å². The molecule has 0 aliphatic rings. The second kappa shape index (κ2) is 9.42. The molecule has 12 heavy (non-hydrogen) atoms. The van der Waals surface area contributed by atoms with Crippen LogP contribution in [0.5, 0.6) is 0 Å². The maximum absolute atomic E-state index is 9.75. The number of carbonyl (C=O) groups is 2. The van der Waals surface area contributed by atoms with Crippen LogP contribution < -0.4 is 0 Å². The number of aliphatic carboxylic acids is 2. The van der Waals surface area contributed by atoms with E-state index in [1.807, 2.05) is 6.92 Å². The van der Waals surface area contributed by atoms with Gasteiger partial charge in [0.25, 0.3) is 5.97 Å². The van der Waals surface area contributed by atoms with Gasteiger partial charge in [0.1, 0.15) is 0 Å². The van der Waals surface area contributed by atoms with E-state index in [1.165, 1.54) is 6.08 Å². The molecule has 0 radical (unpaired) electrons. The van der Waals surface area contributed by atoms with Crippen LogP contribution >= 0.6 is 0 Å². The van der Waals surface area contributed by atoms with Crippen LogP contribution in [0.2, 0.25) is 0 Å². The molecule has 2 N–H and O–H groups in total. The van der Waals surface area contributed by atoms with E-state index >= 15 is 0 Å². The maximum Gasteiger partial charge on any atom is 0.328 e. The number of carboxylic acid groups (broad SMARTS) is 2. The molecule has 0 aromatic carbocycles. The van der Waals surface area contributed by atoms with Gasteiger partial charge < -0.3 is 10.2 Å². The fraction of sp³-hybridized carbons (Fsp3) is 0.250. The van der Waals surface area contributed by atoms with Crippen molar-refractivity contribution < 1.29 is 19.8 Å². The first-order valence-electron chi connectivity index (χ1n) is 3.22. The molecular weight excluding hydrogens is 160 g/mol. The molecule has 0 saturated heterocycles. The van der Waals surface area contributed by atoms with Gasteiger partial charge in [-0.05, 0) is 6.92 Å². The van der Waals surface area contributed by atoms with Crippen molar-refractivity contribution in [2.45, 2.75) is 13.8 Å². The Labute approximate surface area is 70.8 Å². The van der Waals surface area contributed by atoms with Crippen LogP contribution in [0.15, 0.2) is 24.3 Å². The van der Waals surface area contributed by atoms with E-state index in [1.54, 1.807) is 12.2 Å². The highest BCUT2D eigenvalue weighted by Crippen LogP contribution is 1.74. The van der Waals surface area contributed by atoms with Gasteiger partial charge in [-0.15, -0.1) is 0 Å². The molecule has 4 heteroatoms. The normalized spacial score (nSPS) is 9.50. The van der Waals surface area contributed by atoms with E-state index in [0.29, 0.717) is 0 Å². The van der Waals surface area contributed by atoms with Crippen LogP contribution in [0.25, 0.3) is 0 Å². The second-order valence-corrected chi connectivity index (χ2v) is 1.74. The molecule has 0 saturated carbocycles. The minimum atomic E-state index is -0.914. The molecule has 0 bridgehead atoms. The summed E-state index contributed by atoms with van der Waals surface area (Å²) in [6.07, 6.45) is 5.98. The van der Waals surface area contributed by atoms with E-state index in [2.05, 4.69) is 0 Å². The molecule has 0 unspecified atom stereocenters. The standard InChI is InChI=1S/C6H8O2.C2H4O2/c1-2-3-4-5-6(7)8;1-2(3)4/h2-5H,1H3,(H,7,8);1H3,(H,3,4). The lowest BCUT2D eigenvalue weighted by Crippen LogP contribution is -1.83. The minimum absolute atomic E-state index is 0.833. The van der Waals surface area contributed by atoms with E-state index in [4.69, 9.17) is 15.0 Å². The zero-order chi connectivity index (χ0) is 9.98. The van der Waals surface area contributed by atoms with E-state index in [9.17, 15) is 4.79 Å². The fourth-order valence-electron chi connectivity index (χ4n) is 0.249. The first-order valence-corrected chi connectivity index (χ1v) is 3.22. The van der Waals surface area contributed by atoms with Crippen LogP contribution in [-0.2, 0) is 9.59 Å². The Bertz CT molecular complexity index is 187. The van der Waals surface area contributed by atoms with Crippen molar-refractivity contribution in [2.24, 2.45) is 0 Å². The number of allylic oxidation sites excluding steroid dienone is 3. The second-order valence-electron chi connectivity index (χ2n) is 1.74. The average Bonchev–Trinajstić information content (AvgIpc) is 1.86. The van der Waals surface area contributed by atoms with Gasteiger partial charge in [-0.1, -0.05) is 18.2 Å². The quantitative estimate of drug-likeness (QED) is 0.486. The van der Waals surface area contributed by atoms with Crippen molar-refractivity contribution in [1.29, 1.82) is 0 Å². The van der Waals surface area contributed by atoms with Crippen molar-refractivity contribution in [3.05, 3.63) is 24.3 Å². The third-order valence-electron chi connectivity index (χ3n) is 0.542. The Morgan fingerprint density at radius 1 is 1.17 bits per heavy atom. The molecule has 0 amide bonds. The first-order chi connectivity index (χ1) is 5.50. The van der Waals surface area contributed by atoms with Crippen molar-refractivity contribution in [3.8, 4) is 0 Å². The summed E-state index contributed by atoms with van der Waals surface area (Å²) < 4.78 is 0. The van der Waals surface area contributed by atoms with Gasteiger partial charge in [0, 0.05) is 13.0 Å². The summed E-state index contributed by atoms with van der Waals surface area (Å²) >= 11 is 0. The van der Waals surface area contributed by atoms with Gasteiger partial charge in [0.15, 0.2) is 0 Å². The summed E-state index contributed by atoms with van der Waals surface area (Å²) in [6, 6.07) is 0. The molecule has 0 spiro atoms. The monoisotopic (exact) mass is 172 g/mol. The van der Waals surface area contributed by atoms with Gasteiger partial charge in [0.2, 0.25) is 0 Å². The van der Waals surface area contributed by atoms with Crippen LogP contribution in [0.4, 0.5) is 0 Å². The molecule has 0 aromatic heterocycles. The van der Waals surface area contributed by atoms with Gasteiger partial charge >= 0.3 is 5.97 Å². The van der Waals surface area contributed by atoms with Gasteiger partial charge in [-0.25, -0.2) is 4.79 Å². The molecule has 68 valence electrons. The smallest absolute Gasteiger partial charge is 0.328 e. The molecule has 4 nitrogen and oxygen atoms in total. The Hall–Kier alpha value is -1.58. The summed E-state index contributed by atoms with van der Waals surface area (Å²) in [5.74, 6) is -1.75. The number of hydrogen-bond acceptors (Lipinski definition) is 2. The van der Waals surface area contributed by atoms with Gasteiger partial charge in [-0.2, -0.15) is 0 Å². The summed E-state index contributed by atoms with van der Waals surface area (Å²) in [5, 5.41) is 15.4. The predicted molar refractivity (Wildman–Crippen MR) is 44.9 cm³/mol. The minimum Gasteiger partial charge on any atom is -0.481 e. The van der Waals surface area contributed by atoms with E-state index in [-0.39, 0.29) is 0 Å². The SMILES string of the molecule is CC(=O)O.CC=CC=CC(=O)O. The molecule has 0 atom stereocenters. The average molecular weight is 172 g/mol. The fourth-order valence-corrected chi connectivity index (χ4v) is 0.249. The third kappa shape index (κ3) is 39.6. The highest BCUT2D eigenvalue weighted by atomic mass is 16.4. The van der Waals surface area contributed by atoms with Crippen molar-refractivity contribution in [3.63, 3.8) is 0 Å². The van der Waals surface area contributed by atoms with Crippen molar-refractivity contribution in [2.75, 3.05) is 0 Å². The third-order valence-corrected chi connectivity index (χ3v) is 0.542. The Morgan fingerprint density at radius 2 is 1.58 bits per heavy atom. The molecular formula is C8H12O4. The summed E-state index contributed by atoms with van der Waals surface area (Å²) in [7, 11) is 0. The maximum atomic E-state index is 9.75. The lowest BCUT2D eigenvalue weighted by atomic mass is 10.4. The van der Waals surface area contributed by atoms with Crippen LogP contribution in [-0.4, -0.2) is 22.2 Å². The zero-order valence-corrected chi connectivity index (χ0v) is 7.02. The van der Waals surface area contributed by atoms with Crippen molar-refractivity contribution in [1.82, 2.24) is 0 Å². The predicted octanol–water partition coefficient (Wildman–Crippen LogP) is 1.29. The summed E-state index contributed by atoms with van der Waals surface area (Å²) in [5.41, 5.74) is 0. The van der Waals surface area contributed by atoms with E-state index in [0.717, 1.165) is 13.0 Å². The number of hydrogen-bond donors (Lipinski definition) is 2. The molecule has 0 rings (SSSR count). The highest BCUT2D eigenvalue weighted by molar-refractivity contribution is 5.80. The lowest BCUT2D eigenvalue weighted by Gasteiger charge is -1.72. The largest absolute Gasteiger partial charge is 0.481 e. The van der Waals surface area contributed by atoms with Crippen LogP contribution in [0.3, 0.4) is 0 Å². The lowest BCUT2D eigenvalue weighted by molar-refractivity contribution is -0.134. The molecule has 0 aromatic rings. The molecule has 0 aliphatic heterocycles. The highest BCUT2D eigenvalue weighted by Gasteiger charge is 1.78. The Morgan fingerprint density at radius 3 is 1.83 bits per heavy atom. The Kier molecular flexibility index (Phi) is 10.2. The van der Waals surface area contributed by atoms with Crippen LogP contribution in [0, 0.1) is 0 Å². The number of carboxylic acids is 2. The molecule has 0 fully saturated rings. The molecule has 0 heterocycles. The first kappa shape index (κ1) is 13.0.